The molecule has 154 valence electrons. The minimum atomic E-state index is -0.155. The van der Waals surface area contributed by atoms with Gasteiger partial charge in [0.05, 0.1) is 0 Å². The zero-order valence-electron chi connectivity index (χ0n) is 16.8. The van der Waals surface area contributed by atoms with Crippen molar-refractivity contribution in [3.63, 3.8) is 0 Å². The summed E-state index contributed by atoms with van der Waals surface area (Å²) in [6.45, 7) is 4.53. The van der Waals surface area contributed by atoms with Crippen molar-refractivity contribution in [2.75, 3.05) is 32.8 Å². The minimum absolute atomic E-state index is 0.131. The van der Waals surface area contributed by atoms with E-state index >= 15 is 0 Å². The zero-order chi connectivity index (χ0) is 19.4. The number of ether oxygens (including phenoxy) is 1. The van der Waals surface area contributed by atoms with Crippen LogP contribution in [-0.2, 0) is 14.9 Å². The van der Waals surface area contributed by atoms with Gasteiger partial charge in [0, 0.05) is 50.2 Å². The molecule has 0 atom stereocenters. The van der Waals surface area contributed by atoms with Gasteiger partial charge in [0.15, 0.2) is 0 Å². The number of hydrogen-bond donors (Lipinski definition) is 1. The molecule has 1 amide bonds. The minimum Gasteiger partial charge on any atom is -0.381 e. The maximum absolute atomic E-state index is 13.4. The van der Waals surface area contributed by atoms with Gasteiger partial charge >= 0.3 is 0 Å². The van der Waals surface area contributed by atoms with Crippen LogP contribution in [0.25, 0.3) is 0 Å². The Kier molecular flexibility index (Phi) is 6.32. The third-order valence-corrected chi connectivity index (χ3v) is 7.07. The molecule has 2 aliphatic heterocycles. The first kappa shape index (κ1) is 19.8. The fraction of sp³-hybridized carbons (Fsp3) is 0.696. The number of likely N-dealkylation sites (tertiary alicyclic amines) is 1. The third-order valence-electron chi connectivity index (χ3n) is 7.07. The number of halogens is 1. The van der Waals surface area contributed by atoms with Gasteiger partial charge in [0.2, 0.25) is 5.91 Å². The first-order valence-corrected chi connectivity index (χ1v) is 11.0. The number of rotatable bonds is 5. The fourth-order valence-corrected chi connectivity index (χ4v) is 5.34. The van der Waals surface area contributed by atoms with Gasteiger partial charge in [-0.2, -0.15) is 0 Å². The lowest BCUT2D eigenvalue weighted by atomic mass is 9.78. The Morgan fingerprint density at radius 2 is 1.71 bits per heavy atom. The van der Waals surface area contributed by atoms with E-state index in [1.807, 2.05) is 12.1 Å². The van der Waals surface area contributed by atoms with Crippen LogP contribution in [0.4, 0.5) is 4.39 Å². The molecule has 0 bridgehead atoms. The zero-order valence-corrected chi connectivity index (χ0v) is 16.8. The van der Waals surface area contributed by atoms with Crippen LogP contribution in [0.2, 0.25) is 0 Å². The summed E-state index contributed by atoms with van der Waals surface area (Å²) in [5.41, 5.74) is 1.47. The normalized spacial score (nSPS) is 24.3. The van der Waals surface area contributed by atoms with Crippen molar-refractivity contribution >= 4 is 5.91 Å². The van der Waals surface area contributed by atoms with E-state index in [2.05, 4.69) is 10.2 Å². The van der Waals surface area contributed by atoms with Crippen molar-refractivity contribution in [1.29, 1.82) is 0 Å². The smallest absolute Gasteiger partial charge is 0.223 e. The third kappa shape index (κ3) is 4.57. The van der Waals surface area contributed by atoms with E-state index in [-0.39, 0.29) is 23.1 Å². The Morgan fingerprint density at radius 1 is 1.07 bits per heavy atom. The summed E-state index contributed by atoms with van der Waals surface area (Å²) in [5, 5.41) is 3.29. The molecule has 5 heteroatoms. The Bertz CT molecular complexity index is 643. The Balaban J connectivity index is 1.30. The molecular weight excluding hydrogens is 355 g/mol. The van der Waals surface area contributed by atoms with Crippen molar-refractivity contribution in [2.24, 2.45) is 5.92 Å². The second kappa shape index (κ2) is 8.91. The summed E-state index contributed by atoms with van der Waals surface area (Å²) in [7, 11) is 0. The predicted octanol–water partition coefficient (Wildman–Crippen LogP) is 3.64. The van der Waals surface area contributed by atoms with Gasteiger partial charge < -0.3 is 15.0 Å². The molecule has 3 aliphatic rings. The lowest BCUT2D eigenvalue weighted by Crippen LogP contribution is -2.49. The number of amides is 1. The van der Waals surface area contributed by atoms with Crippen LogP contribution in [-0.4, -0.2) is 49.7 Å². The van der Waals surface area contributed by atoms with Crippen molar-refractivity contribution in [3.8, 4) is 0 Å². The number of piperidine rings is 1. The van der Waals surface area contributed by atoms with Gasteiger partial charge in [-0.3, -0.25) is 4.79 Å². The van der Waals surface area contributed by atoms with Crippen LogP contribution in [0, 0.1) is 11.7 Å². The molecule has 0 unspecified atom stereocenters. The molecule has 4 nitrogen and oxygen atoms in total. The molecule has 1 aliphatic carbocycles. The molecule has 1 aromatic rings. The first-order valence-electron chi connectivity index (χ1n) is 11.0. The highest BCUT2D eigenvalue weighted by Crippen LogP contribution is 2.42. The van der Waals surface area contributed by atoms with Gasteiger partial charge in [0.25, 0.3) is 0 Å². The van der Waals surface area contributed by atoms with E-state index in [4.69, 9.17) is 4.74 Å². The Labute approximate surface area is 167 Å². The summed E-state index contributed by atoms with van der Waals surface area (Å²) < 4.78 is 18.7. The molecule has 2 heterocycles. The number of benzene rings is 1. The summed E-state index contributed by atoms with van der Waals surface area (Å²) >= 11 is 0. The predicted molar refractivity (Wildman–Crippen MR) is 108 cm³/mol. The molecule has 28 heavy (non-hydrogen) atoms. The quantitative estimate of drug-likeness (QED) is 0.837. The Hall–Kier alpha value is -1.46. The van der Waals surface area contributed by atoms with Crippen LogP contribution < -0.4 is 5.32 Å². The van der Waals surface area contributed by atoms with Gasteiger partial charge in [0.1, 0.15) is 5.82 Å². The van der Waals surface area contributed by atoms with Gasteiger partial charge in [-0.25, -0.2) is 4.39 Å². The molecular formula is C23H33FN2O2. The summed E-state index contributed by atoms with van der Waals surface area (Å²) in [6.07, 6.45) is 8.65. The van der Waals surface area contributed by atoms with Crippen molar-refractivity contribution in [1.82, 2.24) is 10.2 Å². The topological polar surface area (TPSA) is 41.6 Å². The van der Waals surface area contributed by atoms with Gasteiger partial charge in [-0.15, -0.1) is 0 Å². The van der Waals surface area contributed by atoms with Gasteiger partial charge in [-0.05, 0) is 56.2 Å². The van der Waals surface area contributed by atoms with Crippen LogP contribution in [0.15, 0.2) is 24.3 Å². The molecule has 1 N–H and O–H groups in total. The summed E-state index contributed by atoms with van der Waals surface area (Å²) in [4.78, 5) is 15.0. The number of hydrogen-bond acceptors (Lipinski definition) is 3. The number of nitrogens with one attached hydrogen (secondary N) is 1. The van der Waals surface area contributed by atoms with Crippen LogP contribution in [0.5, 0.6) is 0 Å². The SMILES string of the molecule is O=C(NC1CCN(CC2(c3ccc(F)cc3)CCCC2)CC1)C1CCOCC1. The standard InChI is InChI=1S/C23H33FN2O2/c24-20-5-3-19(4-6-20)23(11-1-2-12-23)17-26-13-7-21(8-14-26)25-22(27)18-9-15-28-16-10-18/h3-6,18,21H,1-2,7-17H2,(H,25,27). The van der Waals surface area contributed by atoms with Crippen molar-refractivity contribution in [2.45, 2.75) is 62.8 Å². The summed E-state index contributed by atoms with van der Waals surface area (Å²) in [6, 6.07) is 7.49. The molecule has 1 saturated carbocycles. The molecule has 3 fully saturated rings. The maximum atomic E-state index is 13.4. The van der Waals surface area contributed by atoms with E-state index in [9.17, 15) is 9.18 Å². The second-order valence-electron chi connectivity index (χ2n) is 8.94. The summed E-state index contributed by atoms with van der Waals surface area (Å²) in [5.74, 6) is 0.199. The highest BCUT2D eigenvalue weighted by molar-refractivity contribution is 5.79. The molecule has 2 saturated heterocycles. The van der Waals surface area contributed by atoms with Crippen LogP contribution in [0.3, 0.4) is 0 Å². The average Bonchev–Trinajstić information content (AvgIpc) is 3.20. The fourth-order valence-electron chi connectivity index (χ4n) is 5.34. The van der Waals surface area contributed by atoms with E-state index in [0.717, 1.165) is 45.3 Å². The monoisotopic (exact) mass is 388 g/mol. The van der Waals surface area contributed by atoms with Crippen LogP contribution in [0.1, 0.15) is 56.9 Å². The molecule has 0 aromatic heterocycles. The maximum Gasteiger partial charge on any atom is 0.223 e. The van der Waals surface area contributed by atoms with E-state index in [0.29, 0.717) is 19.3 Å². The highest BCUT2D eigenvalue weighted by atomic mass is 19.1. The molecule has 0 spiro atoms. The lowest BCUT2D eigenvalue weighted by molar-refractivity contribution is -0.128. The molecule has 0 radical (unpaired) electrons. The molecule has 4 rings (SSSR count). The van der Waals surface area contributed by atoms with Crippen molar-refractivity contribution < 1.29 is 13.9 Å². The molecule has 1 aromatic carbocycles. The first-order chi connectivity index (χ1) is 13.6. The number of nitrogens with zero attached hydrogens (tertiary/aromatic N) is 1. The number of carbonyl (C=O) groups is 1. The largest absolute Gasteiger partial charge is 0.381 e. The highest BCUT2D eigenvalue weighted by Gasteiger charge is 2.38. The second-order valence-corrected chi connectivity index (χ2v) is 8.94. The Morgan fingerprint density at radius 3 is 2.36 bits per heavy atom. The van der Waals surface area contributed by atoms with E-state index in [1.54, 1.807) is 12.1 Å². The lowest BCUT2D eigenvalue weighted by Gasteiger charge is -2.40. The number of carbonyl (C=O) groups excluding carboxylic acids is 1. The van der Waals surface area contributed by atoms with E-state index in [1.165, 1.54) is 31.2 Å². The van der Waals surface area contributed by atoms with Crippen LogP contribution >= 0.6 is 0 Å². The van der Waals surface area contributed by atoms with E-state index < -0.39 is 0 Å². The average molecular weight is 389 g/mol. The van der Waals surface area contributed by atoms with Crippen molar-refractivity contribution in [3.05, 3.63) is 35.6 Å². The van der Waals surface area contributed by atoms with Gasteiger partial charge in [-0.1, -0.05) is 25.0 Å².